The summed E-state index contributed by atoms with van der Waals surface area (Å²) in [4.78, 5) is 15.4. The van der Waals surface area contributed by atoms with Gasteiger partial charge in [-0.2, -0.15) is 0 Å². The van der Waals surface area contributed by atoms with E-state index >= 15 is 0 Å². The monoisotopic (exact) mass is 465 g/mol. The van der Waals surface area contributed by atoms with E-state index in [4.69, 9.17) is 32.7 Å². The zero-order valence-corrected chi connectivity index (χ0v) is 19.3. The number of allylic oxidation sites excluding steroid dienone is 1. The number of nitrogens with zero attached hydrogens (tertiary/aromatic N) is 1. The summed E-state index contributed by atoms with van der Waals surface area (Å²) in [6.07, 6.45) is 1.62. The summed E-state index contributed by atoms with van der Waals surface area (Å²) in [6.45, 7) is 5.82. The molecular formula is C26H21Cl2NO3. The average molecular weight is 466 g/mol. The Balaban J connectivity index is 1.48. The van der Waals surface area contributed by atoms with Crippen molar-refractivity contribution in [2.75, 3.05) is 6.73 Å². The summed E-state index contributed by atoms with van der Waals surface area (Å²) in [5, 5.41) is 0.924. The molecule has 6 heteroatoms. The highest BCUT2D eigenvalue weighted by Gasteiger charge is 2.35. The molecule has 32 heavy (non-hydrogen) atoms. The summed E-state index contributed by atoms with van der Waals surface area (Å²) >= 11 is 12.6. The van der Waals surface area contributed by atoms with E-state index in [1.165, 1.54) is 11.1 Å². The molecule has 0 saturated carbocycles. The minimum Gasteiger partial charge on any atom is -0.478 e. The summed E-state index contributed by atoms with van der Waals surface area (Å²) in [6, 6.07) is 15.6. The number of hydrogen-bond donors (Lipinski definition) is 0. The molecule has 2 aliphatic rings. The first-order valence-electron chi connectivity index (χ1n) is 10.4. The van der Waals surface area contributed by atoms with Crippen molar-refractivity contribution in [1.82, 2.24) is 4.90 Å². The Morgan fingerprint density at radius 2 is 1.78 bits per heavy atom. The third kappa shape index (κ3) is 3.79. The predicted molar refractivity (Wildman–Crippen MR) is 126 cm³/mol. The second kappa shape index (κ2) is 8.28. The summed E-state index contributed by atoms with van der Waals surface area (Å²) in [5.41, 5.74) is 5.27. The molecule has 0 bridgehead atoms. The fourth-order valence-electron chi connectivity index (χ4n) is 4.11. The van der Waals surface area contributed by atoms with Gasteiger partial charge in [-0.05, 0) is 49.2 Å². The number of ketones is 1. The van der Waals surface area contributed by atoms with Crippen molar-refractivity contribution in [3.8, 4) is 11.5 Å². The third-order valence-corrected chi connectivity index (χ3v) is 6.45. The molecule has 0 unspecified atom stereocenters. The van der Waals surface area contributed by atoms with Crippen LogP contribution in [0.15, 0.2) is 54.3 Å². The van der Waals surface area contributed by atoms with Gasteiger partial charge >= 0.3 is 0 Å². The van der Waals surface area contributed by atoms with Crippen LogP contribution >= 0.6 is 23.2 Å². The van der Waals surface area contributed by atoms with Crippen molar-refractivity contribution in [2.24, 2.45) is 0 Å². The molecule has 0 aliphatic carbocycles. The number of benzene rings is 3. The smallest absolute Gasteiger partial charge is 0.232 e. The molecule has 162 valence electrons. The molecule has 4 nitrogen and oxygen atoms in total. The molecule has 0 fully saturated rings. The minimum absolute atomic E-state index is 0.174. The quantitative estimate of drug-likeness (QED) is 0.409. The zero-order valence-electron chi connectivity index (χ0n) is 17.7. The Morgan fingerprint density at radius 1 is 1.06 bits per heavy atom. The number of hydrogen-bond acceptors (Lipinski definition) is 4. The lowest BCUT2D eigenvalue weighted by Crippen LogP contribution is -2.31. The maximum Gasteiger partial charge on any atom is 0.232 e. The van der Waals surface area contributed by atoms with Gasteiger partial charge < -0.3 is 9.47 Å². The maximum absolute atomic E-state index is 13.2. The Hall–Kier alpha value is -2.79. The van der Waals surface area contributed by atoms with Crippen LogP contribution in [0.2, 0.25) is 10.0 Å². The summed E-state index contributed by atoms with van der Waals surface area (Å²) in [5.74, 6) is 1.35. The highest BCUT2D eigenvalue weighted by molar-refractivity contribution is 6.37. The van der Waals surface area contributed by atoms with Crippen molar-refractivity contribution < 1.29 is 14.3 Å². The van der Waals surface area contributed by atoms with Crippen molar-refractivity contribution >= 4 is 35.1 Å². The number of carbonyl (C=O) groups excluding carboxylic acids is 1. The molecule has 0 N–H and O–H groups in total. The molecule has 0 amide bonds. The SMILES string of the molecule is Cc1ccc(CN2COc3cc(C)c4c(c3C2)O/C(=C\c2c(Cl)cccc2Cl)C4=O)cc1. The Morgan fingerprint density at radius 3 is 2.50 bits per heavy atom. The average Bonchev–Trinajstić information content (AvgIpc) is 3.10. The van der Waals surface area contributed by atoms with Crippen LogP contribution in [0.3, 0.4) is 0 Å². The van der Waals surface area contributed by atoms with Gasteiger partial charge in [0.2, 0.25) is 5.78 Å². The zero-order chi connectivity index (χ0) is 22.4. The third-order valence-electron chi connectivity index (χ3n) is 5.79. The van der Waals surface area contributed by atoms with E-state index in [0.29, 0.717) is 40.2 Å². The van der Waals surface area contributed by atoms with E-state index in [9.17, 15) is 4.79 Å². The number of fused-ring (bicyclic) bond motifs is 3. The molecule has 3 aromatic carbocycles. The van der Waals surface area contributed by atoms with Crippen LogP contribution in [0.4, 0.5) is 0 Å². The second-order valence-corrected chi connectivity index (χ2v) is 9.01. The van der Waals surface area contributed by atoms with Gasteiger partial charge in [-0.25, -0.2) is 0 Å². The van der Waals surface area contributed by atoms with Crippen molar-refractivity contribution in [3.05, 3.63) is 97.7 Å². The molecule has 0 saturated heterocycles. The molecule has 0 aromatic heterocycles. The molecule has 3 aromatic rings. The Bertz CT molecular complexity index is 1240. The Kier molecular flexibility index (Phi) is 5.46. The number of halogens is 2. The van der Waals surface area contributed by atoms with Gasteiger partial charge in [-0.1, -0.05) is 59.1 Å². The molecule has 0 spiro atoms. The van der Waals surface area contributed by atoms with E-state index in [-0.39, 0.29) is 11.5 Å². The van der Waals surface area contributed by atoms with Gasteiger partial charge in [-0.15, -0.1) is 0 Å². The first-order chi connectivity index (χ1) is 15.4. The lowest BCUT2D eigenvalue weighted by atomic mass is 9.98. The van der Waals surface area contributed by atoms with Crippen LogP contribution in [0.1, 0.15) is 38.2 Å². The van der Waals surface area contributed by atoms with Crippen LogP contribution in [0.5, 0.6) is 11.5 Å². The van der Waals surface area contributed by atoms with Gasteiger partial charge in [0.05, 0.1) is 11.1 Å². The van der Waals surface area contributed by atoms with Crippen LogP contribution in [-0.4, -0.2) is 17.4 Å². The summed E-state index contributed by atoms with van der Waals surface area (Å²) < 4.78 is 12.2. The van der Waals surface area contributed by atoms with E-state index in [1.807, 2.05) is 13.0 Å². The lowest BCUT2D eigenvalue weighted by Gasteiger charge is -2.30. The number of rotatable bonds is 3. The van der Waals surface area contributed by atoms with Crippen LogP contribution in [0.25, 0.3) is 6.08 Å². The number of carbonyl (C=O) groups is 1. The fraction of sp³-hybridized carbons (Fsp3) is 0.192. The first kappa shape index (κ1) is 21.1. The first-order valence-corrected chi connectivity index (χ1v) is 11.1. The number of Topliss-reactive ketones (excluding diaryl/α,β-unsaturated/α-hetero) is 1. The molecule has 2 heterocycles. The lowest BCUT2D eigenvalue weighted by molar-refractivity contribution is 0.0872. The van der Waals surface area contributed by atoms with Gasteiger partial charge in [0.1, 0.15) is 18.2 Å². The van der Waals surface area contributed by atoms with Crippen LogP contribution in [0, 0.1) is 13.8 Å². The molecule has 5 rings (SSSR count). The van der Waals surface area contributed by atoms with Gasteiger partial charge in [0.25, 0.3) is 0 Å². The largest absolute Gasteiger partial charge is 0.478 e. The number of aryl methyl sites for hydroxylation is 2. The molecule has 2 aliphatic heterocycles. The second-order valence-electron chi connectivity index (χ2n) is 8.20. The Labute approximate surface area is 197 Å². The van der Waals surface area contributed by atoms with E-state index < -0.39 is 0 Å². The van der Waals surface area contributed by atoms with E-state index in [0.717, 1.165) is 23.4 Å². The molecule has 0 radical (unpaired) electrons. The van der Waals surface area contributed by atoms with Crippen LogP contribution in [-0.2, 0) is 13.1 Å². The van der Waals surface area contributed by atoms with Gasteiger partial charge in [0.15, 0.2) is 5.76 Å². The highest BCUT2D eigenvalue weighted by atomic mass is 35.5. The molecule has 0 atom stereocenters. The van der Waals surface area contributed by atoms with Gasteiger partial charge in [0, 0.05) is 28.7 Å². The van der Waals surface area contributed by atoms with Crippen molar-refractivity contribution in [2.45, 2.75) is 26.9 Å². The topological polar surface area (TPSA) is 38.8 Å². The standard InChI is InChI=1S/C26H21Cl2NO3/c1-15-6-8-17(9-7-15)12-29-13-19-22(31-14-29)10-16(2)24-25(30)23(32-26(19)24)11-18-20(27)4-3-5-21(18)28/h3-11H,12-14H2,1-2H3/b23-11-. The molecular weight excluding hydrogens is 445 g/mol. The summed E-state index contributed by atoms with van der Waals surface area (Å²) in [7, 11) is 0. The minimum atomic E-state index is -0.174. The van der Waals surface area contributed by atoms with Crippen molar-refractivity contribution in [3.63, 3.8) is 0 Å². The van der Waals surface area contributed by atoms with E-state index in [2.05, 4.69) is 36.1 Å². The van der Waals surface area contributed by atoms with Crippen molar-refractivity contribution in [1.29, 1.82) is 0 Å². The van der Waals surface area contributed by atoms with Gasteiger partial charge in [-0.3, -0.25) is 9.69 Å². The van der Waals surface area contributed by atoms with Crippen LogP contribution < -0.4 is 9.47 Å². The predicted octanol–water partition coefficient (Wildman–Crippen LogP) is 6.58. The fourth-order valence-corrected chi connectivity index (χ4v) is 4.62. The normalized spacial score (nSPS) is 16.5. The maximum atomic E-state index is 13.2. The number of ether oxygens (including phenoxy) is 2. The van der Waals surface area contributed by atoms with E-state index in [1.54, 1.807) is 24.3 Å². The highest BCUT2D eigenvalue weighted by Crippen LogP contribution is 2.44.